The Morgan fingerprint density at radius 2 is 2.26 bits per heavy atom. The van der Waals surface area contributed by atoms with Gasteiger partial charge >= 0.3 is 0 Å². The summed E-state index contributed by atoms with van der Waals surface area (Å²) in [5, 5.41) is 3.14. The van der Waals surface area contributed by atoms with Crippen LogP contribution in [-0.2, 0) is 4.79 Å². The zero-order valence-corrected chi connectivity index (χ0v) is 11.3. The third-order valence-corrected chi connectivity index (χ3v) is 4.32. The standard InChI is InChI=1S/C12H14N4O2S/c1-2-3-5-7-6(4-19-11(7)18)14-9-8(5)10(17)16-12(13)15-9/h5H,2-4H2,1H3,(H4,13,14,15,16,17). The van der Waals surface area contributed by atoms with Crippen molar-refractivity contribution in [2.24, 2.45) is 0 Å². The Labute approximate surface area is 113 Å². The van der Waals surface area contributed by atoms with Crippen molar-refractivity contribution in [2.45, 2.75) is 25.7 Å². The molecule has 3 rings (SSSR count). The van der Waals surface area contributed by atoms with Gasteiger partial charge in [0.25, 0.3) is 5.56 Å². The molecule has 2 aliphatic rings. The minimum Gasteiger partial charge on any atom is -0.369 e. The molecule has 19 heavy (non-hydrogen) atoms. The molecule has 100 valence electrons. The van der Waals surface area contributed by atoms with Crippen LogP contribution < -0.4 is 16.6 Å². The summed E-state index contributed by atoms with van der Waals surface area (Å²) in [5.41, 5.74) is 7.45. The Bertz CT molecular complexity index is 650. The lowest BCUT2D eigenvalue weighted by Crippen LogP contribution is -2.28. The molecule has 7 heteroatoms. The van der Waals surface area contributed by atoms with Crippen LogP contribution in [0, 0.1) is 0 Å². The highest BCUT2D eigenvalue weighted by atomic mass is 32.2. The van der Waals surface area contributed by atoms with Gasteiger partial charge in [0.05, 0.1) is 5.56 Å². The van der Waals surface area contributed by atoms with Crippen LogP contribution in [0.3, 0.4) is 0 Å². The molecule has 3 heterocycles. The summed E-state index contributed by atoms with van der Waals surface area (Å²) in [5.74, 6) is 1.03. The van der Waals surface area contributed by atoms with Gasteiger partial charge in [-0.1, -0.05) is 25.1 Å². The number of hydrogen-bond acceptors (Lipinski definition) is 6. The topological polar surface area (TPSA) is 101 Å². The van der Waals surface area contributed by atoms with E-state index >= 15 is 0 Å². The predicted octanol–water partition coefficient (Wildman–Crippen LogP) is 1.19. The van der Waals surface area contributed by atoms with Crippen LogP contribution >= 0.6 is 11.8 Å². The van der Waals surface area contributed by atoms with Gasteiger partial charge < -0.3 is 11.1 Å². The lowest BCUT2D eigenvalue weighted by Gasteiger charge is -2.25. The highest BCUT2D eigenvalue weighted by molar-refractivity contribution is 8.14. The van der Waals surface area contributed by atoms with Crippen LogP contribution in [0.5, 0.6) is 0 Å². The molecule has 1 atom stereocenters. The second-order valence-corrected chi connectivity index (χ2v) is 5.60. The first kappa shape index (κ1) is 12.3. The van der Waals surface area contributed by atoms with Crippen molar-refractivity contribution in [3.8, 4) is 0 Å². The quantitative estimate of drug-likeness (QED) is 0.751. The monoisotopic (exact) mass is 278 g/mol. The molecule has 0 aromatic carbocycles. The zero-order valence-electron chi connectivity index (χ0n) is 10.4. The molecule has 1 aromatic heterocycles. The molecule has 0 bridgehead atoms. The molecule has 0 spiro atoms. The van der Waals surface area contributed by atoms with E-state index in [0.717, 1.165) is 24.1 Å². The van der Waals surface area contributed by atoms with E-state index in [1.807, 2.05) is 6.92 Å². The van der Waals surface area contributed by atoms with Gasteiger partial charge in [-0.2, -0.15) is 4.98 Å². The lowest BCUT2D eigenvalue weighted by molar-refractivity contribution is -0.108. The number of carbonyl (C=O) groups is 1. The van der Waals surface area contributed by atoms with Gasteiger partial charge in [-0.3, -0.25) is 14.6 Å². The number of fused-ring (bicyclic) bond motifs is 1. The number of rotatable bonds is 2. The molecule has 1 aromatic rings. The normalized spacial score (nSPS) is 21.1. The van der Waals surface area contributed by atoms with Gasteiger partial charge in [0.2, 0.25) is 11.1 Å². The number of carbonyl (C=O) groups excluding carboxylic acids is 1. The maximum atomic E-state index is 12.1. The molecule has 0 saturated carbocycles. The third-order valence-electron chi connectivity index (χ3n) is 3.41. The Morgan fingerprint density at radius 1 is 1.47 bits per heavy atom. The summed E-state index contributed by atoms with van der Waals surface area (Å²) in [6, 6.07) is 0. The average Bonchev–Trinajstić information content (AvgIpc) is 2.70. The molecular weight excluding hydrogens is 264 g/mol. The predicted molar refractivity (Wildman–Crippen MR) is 75.0 cm³/mol. The Morgan fingerprint density at radius 3 is 3.00 bits per heavy atom. The number of thioether (sulfide) groups is 1. The smallest absolute Gasteiger partial charge is 0.258 e. The zero-order chi connectivity index (χ0) is 13.6. The van der Waals surface area contributed by atoms with Crippen LogP contribution in [0.15, 0.2) is 16.1 Å². The van der Waals surface area contributed by atoms with Crippen LogP contribution in [0.2, 0.25) is 0 Å². The van der Waals surface area contributed by atoms with Crippen molar-refractivity contribution in [1.29, 1.82) is 0 Å². The van der Waals surface area contributed by atoms with Gasteiger partial charge in [-0.05, 0) is 6.42 Å². The van der Waals surface area contributed by atoms with Crippen LogP contribution in [0.25, 0.3) is 0 Å². The van der Waals surface area contributed by atoms with E-state index in [0.29, 0.717) is 17.1 Å². The minimum atomic E-state index is -0.260. The van der Waals surface area contributed by atoms with Crippen molar-refractivity contribution in [3.05, 3.63) is 27.2 Å². The summed E-state index contributed by atoms with van der Waals surface area (Å²) in [4.78, 5) is 30.8. The SMILES string of the molecule is CCCC1C2=C(CSC2=O)Nc2nc(N)[nH]c(=O)c21. The molecule has 0 aliphatic carbocycles. The molecular formula is C12H14N4O2S. The molecule has 6 nitrogen and oxygen atoms in total. The third kappa shape index (κ3) is 1.85. The first-order chi connectivity index (χ1) is 9.11. The first-order valence-corrected chi connectivity index (χ1v) is 7.17. The fraction of sp³-hybridized carbons (Fsp3) is 0.417. The summed E-state index contributed by atoms with van der Waals surface area (Å²) >= 11 is 1.27. The number of nitrogens with two attached hydrogens (primary N) is 1. The van der Waals surface area contributed by atoms with E-state index < -0.39 is 0 Å². The van der Waals surface area contributed by atoms with Crippen LogP contribution in [0.4, 0.5) is 11.8 Å². The van der Waals surface area contributed by atoms with E-state index in [9.17, 15) is 9.59 Å². The molecule has 2 aliphatic heterocycles. The van der Waals surface area contributed by atoms with Crippen LogP contribution in [-0.4, -0.2) is 20.8 Å². The van der Waals surface area contributed by atoms with E-state index in [1.54, 1.807) is 0 Å². The van der Waals surface area contributed by atoms with E-state index in [1.165, 1.54) is 11.8 Å². The van der Waals surface area contributed by atoms with Crippen molar-refractivity contribution >= 4 is 28.6 Å². The molecule has 0 saturated heterocycles. The highest BCUT2D eigenvalue weighted by Crippen LogP contribution is 2.43. The number of nitrogens with zero attached hydrogens (tertiary/aromatic N) is 1. The van der Waals surface area contributed by atoms with Gasteiger partial charge in [-0.15, -0.1) is 0 Å². The fourth-order valence-electron chi connectivity index (χ4n) is 2.66. The maximum Gasteiger partial charge on any atom is 0.258 e. The largest absolute Gasteiger partial charge is 0.369 e. The highest BCUT2D eigenvalue weighted by Gasteiger charge is 2.38. The number of nitrogen functional groups attached to an aromatic ring is 1. The summed E-state index contributed by atoms with van der Waals surface area (Å²) in [6.45, 7) is 2.04. The molecule has 1 unspecified atom stereocenters. The summed E-state index contributed by atoms with van der Waals surface area (Å²) in [7, 11) is 0. The summed E-state index contributed by atoms with van der Waals surface area (Å²) in [6.07, 6.45) is 1.65. The Hall–Kier alpha value is -1.76. The number of hydrogen-bond donors (Lipinski definition) is 3. The number of aromatic amines is 1. The van der Waals surface area contributed by atoms with Crippen molar-refractivity contribution < 1.29 is 4.79 Å². The second kappa shape index (κ2) is 4.41. The Balaban J connectivity index is 2.19. The van der Waals surface area contributed by atoms with Crippen molar-refractivity contribution in [2.75, 3.05) is 16.8 Å². The van der Waals surface area contributed by atoms with Gasteiger partial charge in [-0.25, -0.2) is 0 Å². The van der Waals surface area contributed by atoms with Crippen molar-refractivity contribution in [1.82, 2.24) is 9.97 Å². The number of aromatic nitrogens is 2. The van der Waals surface area contributed by atoms with E-state index in [2.05, 4.69) is 15.3 Å². The fourth-order valence-corrected chi connectivity index (χ4v) is 3.58. The molecule has 0 radical (unpaired) electrons. The lowest BCUT2D eigenvalue weighted by atomic mass is 9.85. The Kier molecular flexibility index (Phi) is 2.85. The van der Waals surface area contributed by atoms with Gasteiger partial charge in [0, 0.05) is 22.9 Å². The van der Waals surface area contributed by atoms with Gasteiger partial charge in [0.15, 0.2) is 0 Å². The number of anilines is 2. The average molecular weight is 278 g/mol. The number of nitrogens with one attached hydrogen (secondary N) is 2. The number of H-pyrrole nitrogens is 1. The second-order valence-electron chi connectivity index (χ2n) is 4.65. The molecule has 0 amide bonds. The molecule has 4 N–H and O–H groups in total. The molecule has 0 fully saturated rings. The van der Waals surface area contributed by atoms with Gasteiger partial charge in [0.1, 0.15) is 5.82 Å². The van der Waals surface area contributed by atoms with Crippen LogP contribution in [0.1, 0.15) is 31.2 Å². The van der Waals surface area contributed by atoms with E-state index in [4.69, 9.17) is 5.73 Å². The van der Waals surface area contributed by atoms with E-state index in [-0.39, 0.29) is 22.5 Å². The summed E-state index contributed by atoms with van der Waals surface area (Å²) < 4.78 is 0. The minimum absolute atomic E-state index is 0.0582. The first-order valence-electron chi connectivity index (χ1n) is 6.18. The van der Waals surface area contributed by atoms with Crippen molar-refractivity contribution in [3.63, 3.8) is 0 Å². The maximum absolute atomic E-state index is 12.1.